The Bertz CT molecular complexity index is 1310. The van der Waals surface area contributed by atoms with Crippen LogP contribution in [0.3, 0.4) is 0 Å². The Morgan fingerprint density at radius 2 is 1.97 bits per heavy atom. The maximum absolute atomic E-state index is 6.17. The molecule has 0 spiro atoms. The molecule has 180 valence electrons. The van der Waals surface area contributed by atoms with Gasteiger partial charge < -0.3 is 29.2 Å². The lowest BCUT2D eigenvalue weighted by Gasteiger charge is -2.20. The third kappa shape index (κ3) is 4.97. The summed E-state index contributed by atoms with van der Waals surface area (Å²) < 4.78 is 23.9. The van der Waals surface area contributed by atoms with Crippen molar-refractivity contribution in [1.82, 2.24) is 19.5 Å². The second-order valence-electron chi connectivity index (χ2n) is 7.92. The Morgan fingerprint density at radius 1 is 1.11 bits per heavy atom. The summed E-state index contributed by atoms with van der Waals surface area (Å²) in [7, 11) is 3.25. The van der Waals surface area contributed by atoms with E-state index in [1.165, 1.54) is 17.3 Å². The largest absolute Gasteiger partial charge is 0.497 e. The molecular formula is C25H25N5O4S. The fourth-order valence-corrected chi connectivity index (χ4v) is 4.83. The Kier molecular flexibility index (Phi) is 6.62. The smallest absolute Gasteiger partial charge is 0.229 e. The minimum Gasteiger partial charge on any atom is -0.497 e. The number of hydrogen-bond acceptors (Lipinski definition) is 9. The van der Waals surface area contributed by atoms with Crippen LogP contribution in [-0.4, -0.2) is 40.5 Å². The van der Waals surface area contributed by atoms with E-state index in [9.17, 15) is 0 Å². The minimum atomic E-state index is 0.0183. The van der Waals surface area contributed by atoms with Crippen LogP contribution in [0.5, 0.6) is 11.5 Å². The highest BCUT2D eigenvalue weighted by Gasteiger charge is 2.26. The van der Waals surface area contributed by atoms with Gasteiger partial charge in [0.2, 0.25) is 6.79 Å². The predicted octanol–water partition coefficient (Wildman–Crippen LogP) is 4.23. The van der Waals surface area contributed by atoms with Gasteiger partial charge in [-0.1, -0.05) is 30.3 Å². The molecule has 0 fully saturated rings. The zero-order valence-electron chi connectivity index (χ0n) is 19.4. The van der Waals surface area contributed by atoms with E-state index in [0.29, 0.717) is 34.8 Å². The third-order valence-corrected chi connectivity index (χ3v) is 6.59. The van der Waals surface area contributed by atoms with Gasteiger partial charge in [-0.3, -0.25) is 0 Å². The number of rotatable bonds is 9. The number of nitrogens with zero attached hydrogens (tertiary/aromatic N) is 4. The van der Waals surface area contributed by atoms with Gasteiger partial charge in [0.1, 0.15) is 23.5 Å². The van der Waals surface area contributed by atoms with Crippen molar-refractivity contribution >= 4 is 17.6 Å². The first kappa shape index (κ1) is 22.9. The van der Waals surface area contributed by atoms with Crippen LogP contribution in [0.15, 0.2) is 76.9 Å². The van der Waals surface area contributed by atoms with E-state index in [-0.39, 0.29) is 12.7 Å². The van der Waals surface area contributed by atoms with Gasteiger partial charge in [-0.05, 0) is 41.9 Å². The zero-order valence-corrected chi connectivity index (χ0v) is 20.2. The van der Waals surface area contributed by atoms with Crippen LogP contribution in [0.2, 0.25) is 0 Å². The second kappa shape index (κ2) is 10.1. The predicted molar refractivity (Wildman–Crippen MR) is 131 cm³/mol. The summed E-state index contributed by atoms with van der Waals surface area (Å²) in [5.41, 5.74) is 7.92. The average molecular weight is 492 g/mol. The standard InChI is InChI=1S/C25H25N5O4S/c1-31-18-8-9-19(32-2)21(11-18)35-25-28-22-23(26)27-14-30(24(22)29-25)12-17(20-13-33-15-34-20)10-16-6-4-3-5-7-16/h3-9,11,13-14,17H,10,12,15,26H2,1-2H3. The monoisotopic (exact) mass is 491 g/mol. The third-order valence-electron chi connectivity index (χ3n) is 5.68. The van der Waals surface area contributed by atoms with Gasteiger partial charge in [0, 0.05) is 12.5 Å². The van der Waals surface area contributed by atoms with Crippen LogP contribution in [-0.2, 0) is 22.4 Å². The first-order valence-electron chi connectivity index (χ1n) is 11.0. The Labute approximate surface area is 207 Å². The molecule has 0 saturated carbocycles. The van der Waals surface area contributed by atoms with Crippen molar-refractivity contribution < 1.29 is 18.9 Å². The lowest BCUT2D eigenvalue weighted by atomic mass is 9.97. The molecule has 3 aliphatic rings. The van der Waals surface area contributed by atoms with E-state index in [2.05, 4.69) is 22.1 Å². The van der Waals surface area contributed by atoms with Gasteiger partial charge in [0.15, 0.2) is 22.5 Å². The number of allylic oxidation sites excluding steroid dienone is 1. The van der Waals surface area contributed by atoms with Crippen molar-refractivity contribution in [3.63, 3.8) is 0 Å². The van der Waals surface area contributed by atoms with Gasteiger partial charge in [-0.2, -0.15) is 0 Å². The molecule has 9 nitrogen and oxygen atoms in total. The number of anilines is 1. The Hall–Kier alpha value is -3.92. The van der Waals surface area contributed by atoms with E-state index >= 15 is 0 Å². The summed E-state index contributed by atoms with van der Waals surface area (Å²) >= 11 is 1.38. The van der Waals surface area contributed by atoms with Gasteiger partial charge in [0.05, 0.1) is 25.4 Å². The highest BCUT2D eigenvalue weighted by Crippen LogP contribution is 2.38. The number of fused-ring (bicyclic) bond motifs is 1. The van der Waals surface area contributed by atoms with Crippen molar-refractivity contribution in [2.24, 2.45) is 5.92 Å². The van der Waals surface area contributed by atoms with E-state index in [0.717, 1.165) is 22.8 Å². The van der Waals surface area contributed by atoms with Crippen LogP contribution < -0.4 is 15.2 Å². The zero-order chi connectivity index (χ0) is 24.2. The lowest BCUT2D eigenvalue weighted by molar-refractivity contribution is 0.0689. The summed E-state index contributed by atoms with van der Waals surface area (Å²) in [5, 5.41) is 0.541. The van der Waals surface area contributed by atoms with Crippen molar-refractivity contribution in [1.29, 1.82) is 0 Å². The van der Waals surface area contributed by atoms with Gasteiger partial charge in [-0.25, -0.2) is 15.0 Å². The molecule has 0 bridgehead atoms. The number of aromatic nitrogens is 4. The van der Waals surface area contributed by atoms with E-state index in [4.69, 9.17) is 29.7 Å². The molecule has 2 aromatic carbocycles. The lowest BCUT2D eigenvalue weighted by Crippen LogP contribution is -2.19. The molecule has 0 radical (unpaired) electrons. The molecule has 0 aromatic heterocycles. The highest BCUT2D eigenvalue weighted by molar-refractivity contribution is 7.99. The molecule has 1 unspecified atom stereocenters. The molecule has 10 heteroatoms. The quantitative estimate of drug-likeness (QED) is 0.368. The Morgan fingerprint density at radius 3 is 2.71 bits per heavy atom. The molecule has 5 rings (SSSR count). The average Bonchev–Trinajstić information content (AvgIpc) is 3.57. The van der Waals surface area contributed by atoms with Crippen LogP contribution in [0.1, 0.15) is 5.56 Å². The molecule has 2 aromatic rings. The number of benzene rings is 2. The first-order chi connectivity index (χ1) is 17.1. The number of nitrogen functional groups attached to an aromatic ring is 1. The van der Waals surface area contributed by atoms with E-state index in [1.54, 1.807) is 26.8 Å². The maximum Gasteiger partial charge on any atom is 0.229 e. The van der Waals surface area contributed by atoms with E-state index < -0.39 is 0 Å². The number of hydrogen-bond donors (Lipinski definition) is 1. The molecule has 1 atom stereocenters. The second-order valence-corrected chi connectivity index (χ2v) is 8.92. The molecule has 0 saturated heterocycles. The van der Waals surface area contributed by atoms with Crippen molar-refractivity contribution in [2.75, 3.05) is 26.7 Å². The first-order valence-corrected chi connectivity index (χ1v) is 11.8. The molecule has 3 aliphatic heterocycles. The van der Waals surface area contributed by atoms with Crippen molar-refractivity contribution in [2.45, 2.75) is 23.0 Å². The van der Waals surface area contributed by atoms with Crippen molar-refractivity contribution in [3.8, 4) is 23.0 Å². The van der Waals surface area contributed by atoms with Gasteiger partial charge >= 0.3 is 0 Å². The number of imidazole rings is 1. The van der Waals surface area contributed by atoms with Crippen molar-refractivity contribution in [3.05, 3.63) is 72.4 Å². The molecule has 2 N–H and O–H groups in total. The van der Waals surface area contributed by atoms with Crippen LogP contribution in [0, 0.1) is 5.92 Å². The maximum atomic E-state index is 6.17. The number of methoxy groups -OCH3 is 2. The summed E-state index contributed by atoms with van der Waals surface area (Å²) in [6, 6.07) is 15.9. The highest BCUT2D eigenvalue weighted by atomic mass is 32.2. The molecule has 0 amide bonds. The summed E-state index contributed by atoms with van der Waals surface area (Å²) in [6.45, 7) is 0.791. The van der Waals surface area contributed by atoms with Crippen LogP contribution in [0.25, 0.3) is 11.5 Å². The fraction of sp³-hybridized carbons (Fsp3) is 0.240. The topological polar surface area (TPSA) is 107 Å². The molecule has 3 heterocycles. The van der Waals surface area contributed by atoms with Gasteiger partial charge in [0.25, 0.3) is 0 Å². The normalized spacial score (nSPS) is 13.7. The molecular weight excluding hydrogens is 466 g/mol. The Balaban J connectivity index is 1.46. The van der Waals surface area contributed by atoms with Gasteiger partial charge in [-0.15, -0.1) is 0 Å². The number of ether oxygens (including phenoxy) is 4. The molecule has 0 aliphatic carbocycles. The SMILES string of the molecule is COc1ccc(OC)c(Sc2nc3c(N)ncn(CC(Cc4ccccc4)C4=COCO4)c-3n2)c1. The summed E-state index contributed by atoms with van der Waals surface area (Å²) in [4.78, 5) is 14.7. The van der Waals surface area contributed by atoms with Crippen LogP contribution >= 0.6 is 11.8 Å². The van der Waals surface area contributed by atoms with E-state index in [1.807, 2.05) is 41.0 Å². The molecule has 35 heavy (non-hydrogen) atoms. The fourth-order valence-electron chi connectivity index (χ4n) is 3.93. The minimum absolute atomic E-state index is 0.0183. The summed E-state index contributed by atoms with van der Waals surface area (Å²) in [5.74, 6) is 3.21. The van der Waals surface area contributed by atoms with Crippen LogP contribution in [0.4, 0.5) is 5.82 Å². The summed E-state index contributed by atoms with van der Waals surface area (Å²) in [6.07, 6.45) is 4.15. The number of nitrogens with two attached hydrogens (primary N) is 1.